The predicted molar refractivity (Wildman–Crippen MR) is 125 cm³/mol. The molecule has 164 valence electrons. The monoisotopic (exact) mass is 400 g/mol. The van der Waals surface area contributed by atoms with Crippen LogP contribution in [-0.2, 0) is 4.43 Å². The van der Waals surface area contributed by atoms with Crippen molar-refractivity contribution in [2.75, 3.05) is 47.9 Å². The SMILES string of the molecule is CCCCCC[Si](CC)(CC(C)(CCCN(C)C)CCCN(C)C)OCC. The molecule has 0 aliphatic heterocycles. The van der Waals surface area contributed by atoms with Crippen LogP contribution < -0.4 is 0 Å². The fraction of sp³-hybridized carbons (Fsp3) is 1.00. The fourth-order valence-corrected chi connectivity index (χ4v) is 9.17. The molecule has 0 aromatic heterocycles. The minimum atomic E-state index is -1.64. The fourth-order valence-electron chi connectivity index (χ4n) is 4.52. The Morgan fingerprint density at radius 2 is 1.33 bits per heavy atom. The lowest BCUT2D eigenvalue weighted by molar-refractivity contribution is 0.231. The summed E-state index contributed by atoms with van der Waals surface area (Å²) in [4.78, 5) is 4.66. The third-order valence-corrected chi connectivity index (χ3v) is 11.1. The van der Waals surface area contributed by atoms with Gasteiger partial charge in [0.15, 0.2) is 8.32 Å². The molecule has 0 aliphatic carbocycles. The Morgan fingerprint density at radius 1 is 0.778 bits per heavy atom. The molecule has 0 radical (unpaired) electrons. The van der Waals surface area contributed by atoms with E-state index in [0.717, 1.165) is 6.61 Å². The molecular formula is C23H52N2OSi. The van der Waals surface area contributed by atoms with Crippen molar-refractivity contribution in [1.82, 2.24) is 9.80 Å². The quantitative estimate of drug-likeness (QED) is 0.199. The van der Waals surface area contributed by atoms with E-state index in [1.165, 1.54) is 82.6 Å². The number of hydrogen-bond acceptors (Lipinski definition) is 3. The maximum absolute atomic E-state index is 6.63. The van der Waals surface area contributed by atoms with E-state index in [2.05, 4.69) is 65.7 Å². The van der Waals surface area contributed by atoms with Crippen LogP contribution in [0.1, 0.15) is 79.1 Å². The summed E-state index contributed by atoms with van der Waals surface area (Å²) in [6.07, 6.45) is 10.8. The first-order valence-corrected chi connectivity index (χ1v) is 14.2. The van der Waals surface area contributed by atoms with Gasteiger partial charge in [0.25, 0.3) is 0 Å². The summed E-state index contributed by atoms with van der Waals surface area (Å²) >= 11 is 0. The Hall–Kier alpha value is 0.0969. The molecule has 0 aliphatic rings. The van der Waals surface area contributed by atoms with Crippen molar-refractivity contribution < 1.29 is 4.43 Å². The van der Waals surface area contributed by atoms with Crippen LogP contribution in [0.5, 0.6) is 0 Å². The molecule has 0 N–H and O–H groups in total. The zero-order chi connectivity index (χ0) is 20.8. The predicted octanol–water partition coefficient (Wildman–Crippen LogP) is 6.26. The van der Waals surface area contributed by atoms with Gasteiger partial charge >= 0.3 is 0 Å². The zero-order valence-electron chi connectivity index (χ0n) is 20.2. The summed E-state index contributed by atoms with van der Waals surface area (Å²) in [6.45, 7) is 12.8. The lowest BCUT2D eigenvalue weighted by Gasteiger charge is -2.40. The van der Waals surface area contributed by atoms with E-state index in [9.17, 15) is 0 Å². The molecule has 0 bridgehead atoms. The number of rotatable bonds is 18. The van der Waals surface area contributed by atoms with E-state index in [1.54, 1.807) is 0 Å². The third-order valence-electron chi connectivity index (χ3n) is 6.10. The van der Waals surface area contributed by atoms with Crippen molar-refractivity contribution in [3.05, 3.63) is 0 Å². The summed E-state index contributed by atoms with van der Waals surface area (Å²) < 4.78 is 6.63. The van der Waals surface area contributed by atoms with Gasteiger partial charge in [-0.15, -0.1) is 0 Å². The van der Waals surface area contributed by atoms with Crippen molar-refractivity contribution in [3.63, 3.8) is 0 Å². The highest BCUT2D eigenvalue weighted by Crippen LogP contribution is 2.42. The maximum atomic E-state index is 6.63. The Kier molecular flexibility index (Phi) is 15.1. The first-order chi connectivity index (χ1) is 12.7. The maximum Gasteiger partial charge on any atom is 0.193 e. The van der Waals surface area contributed by atoms with Crippen LogP contribution in [0.3, 0.4) is 0 Å². The van der Waals surface area contributed by atoms with Gasteiger partial charge in [0.05, 0.1) is 0 Å². The highest BCUT2D eigenvalue weighted by atomic mass is 28.4. The minimum absolute atomic E-state index is 0.439. The molecule has 0 fully saturated rings. The average Bonchev–Trinajstić information content (AvgIpc) is 2.58. The van der Waals surface area contributed by atoms with Crippen molar-refractivity contribution in [1.29, 1.82) is 0 Å². The Bertz CT molecular complexity index is 335. The van der Waals surface area contributed by atoms with E-state index < -0.39 is 8.32 Å². The standard InChI is InChI=1S/C23H52N2OSi/c1-9-12-13-14-21-27(11-3,26-10-2)22-23(4,17-15-19-24(5)6)18-16-20-25(7)8/h9-22H2,1-8H3. The van der Waals surface area contributed by atoms with Gasteiger partial charge in [-0.25, -0.2) is 0 Å². The largest absolute Gasteiger partial charge is 0.417 e. The van der Waals surface area contributed by atoms with Crippen LogP contribution in [-0.4, -0.2) is 66.0 Å². The van der Waals surface area contributed by atoms with E-state index in [0.29, 0.717) is 5.41 Å². The van der Waals surface area contributed by atoms with Crippen LogP contribution in [0.2, 0.25) is 18.1 Å². The van der Waals surface area contributed by atoms with Crippen molar-refractivity contribution in [3.8, 4) is 0 Å². The molecule has 0 saturated heterocycles. The molecule has 0 heterocycles. The van der Waals surface area contributed by atoms with Gasteiger partial charge in [-0.1, -0.05) is 46.5 Å². The van der Waals surface area contributed by atoms with E-state index in [-0.39, 0.29) is 0 Å². The summed E-state index contributed by atoms with van der Waals surface area (Å²) in [5.74, 6) is 0. The molecule has 4 heteroatoms. The molecule has 1 atom stereocenters. The Labute approximate surface area is 173 Å². The first-order valence-electron chi connectivity index (χ1n) is 11.7. The van der Waals surface area contributed by atoms with E-state index in [1.807, 2.05) is 0 Å². The molecule has 0 aromatic rings. The van der Waals surface area contributed by atoms with Gasteiger partial charge in [-0.05, 0) is 97.4 Å². The molecule has 27 heavy (non-hydrogen) atoms. The van der Waals surface area contributed by atoms with E-state index >= 15 is 0 Å². The minimum Gasteiger partial charge on any atom is -0.417 e. The zero-order valence-corrected chi connectivity index (χ0v) is 21.2. The van der Waals surface area contributed by atoms with Gasteiger partial charge in [-0.2, -0.15) is 0 Å². The summed E-state index contributed by atoms with van der Waals surface area (Å²) in [6, 6.07) is 4.01. The Balaban J connectivity index is 5.10. The summed E-state index contributed by atoms with van der Waals surface area (Å²) in [7, 11) is 7.15. The molecule has 0 amide bonds. The highest BCUT2D eigenvalue weighted by molar-refractivity contribution is 6.73. The third kappa shape index (κ3) is 13.0. The molecule has 1 unspecified atom stereocenters. The molecule has 0 aromatic carbocycles. The topological polar surface area (TPSA) is 15.7 Å². The van der Waals surface area contributed by atoms with Crippen molar-refractivity contribution in [2.24, 2.45) is 5.41 Å². The molecule has 0 spiro atoms. The van der Waals surface area contributed by atoms with Gasteiger partial charge in [-0.3, -0.25) is 0 Å². The smallest absolute Gasteiger partial charge is 0.193 e. The van der Waals surface area contributed by atoms with Gasteiger partial charge in [0.2, 0.25) is 0 Å². The number of nitrogens with zero attached hydrogens (tertiary/aromatic N) is 2. The lowest BCUT2D eigenvalue weighted by Crippen LogP contribution is -2.43. The van der Waals surface area contributed by atoms with Crippen LogP contribution in [0.25, 0.3) is 0 Å². The van der Waals surface area contributed by atoms with Gasteiger partial charge in [0, 0.05) is 6.61 Å². The second kappa shape index (κ2) is 15.0. The Morgan fingerprint density at radius 3 is 1.74 bits per heavy atom. The van der Waals surface area contributed by atoms with Crippen LogP contribution in [0, 0.1) is 5.41 Å². The molecule has 0 rings (SSSR count). The molecular weight excluding hydrogens is 348 g/mol. The first kappa shape index (κ1) is 27.1. The summed E-state index contributed by atoms with van der Waals surface area (Å²) in [5, 5.41) is 0. The number of hydrogen-bond donors (Lipinski definition) is 0. The second-order valence-corrected chi connectivity index (χ2v) is 13.8. The average molecular weight is 401 g/mol. The van der Waals surface area contributed by atoms with Crippen LogP contribution in [0.4, 0.5) is 0 Å². The van der Waals surface area contributed by atoms with Crippen molar-refractivity contribution >= 4 is 8.32 Å². The van der Waals surface area contributed by atoms with Crippen LogP contribution in [0.15, 0.2) is 0 Å². The van der Waals surface area contributed by atoms with Gasteiger partial charge < -0.3 is 14.2 Å². The van der Waals surface area contributed by atoms with Gasteiger partial charge in [0.1, 0.15) is 0 Å². The molecule has 3 nitrogen and oxygen atoms in total. The van der Waals surface area contributed by atoms with Crippen LogP contribution >= 0.6 is 0 Å². The number of unbranched alkanes of at least 4 members (excludes halogenated alkanes) is 3. The van der Waals surface area contributed by atoms with Crippen molar-refractivity contribution in [2.45, 2.75) is 97.2 Å². The van der Waals surface area contributed by atoms with E-state index in [4.69, 9.17) is 4.43 Å². The normalized spacial score (nSPS) is 14.9. The lowest BCUT2D eigenvalue weighted by atomic mass is 9.82. The summed E-state index contributed by atoms with van der Waals surface area (Å²) in [5.41, 5.74) is 0.439. The second-order valence-electron chi connectivity index (χ2n) is 9.58. The molecule has 0 saturated carbocycles. The highest BCUT2D eigenvalue weighted by Gasteiger charge is 2.40.